The van der Waals surface area contributed by atoms with Gasteiger partial charge >= 0.3 is 5.69 Å². The molecule has 0 aliphatic rings. The van der Waals surface area contributed by atoms with Crippen LogP contribution in [0.3, 0.4) is 0 Å². The van der Waals surface area contributed by atoms with E-state index in [1.165, 1.54) is 28.8 Å². The molecule has 1 heterocycles. The van der Waals surface area contributed by atoms with Crippen molar-refractivity contribution in [1.29, 1.82) is 0 Å². The molecule has 11 nitrogen and oxygen atoms in total. The third-order valence-electron chi connectivity index (χ3n) is 4.70. The van der Waals surface area contributed by atoms with E-state index in [1.807, 2.05) is 6.92 Å². The molecule has 0 saturated carbocycles. The van der Waals surface area contributed by atoms with Crippen molar-refractivity contribution in [3.8, 4) is 0 Å². The highest BCUT2D eigenvalue weighted by molar-refractivity contribution is 7.89. The molecule has 1 aromatic carbocycles. The highest BCUT2D eigenvalue weighted by atomic mass is 32.2. The van der Waals surface area contributed by atoms with Gasteiger partial charge in [-0.15, -0.1) is 0 Å². The van der Waals surface area contributed by atoms with Crippen molar-refractivity contribution in [2.75, 3.05) is 29.0 Å². The smallest absolute Gasteiger partial charge is 0.330 e. The van der Waals surface area contributed by atoms with Gasteiger partial charge in [0.25, 0.3) is 5.56 Å². The van der Waals surface area contributed by atoms with Crippen LogP contribution < -0.4 is 32.3 Å². The third kappa shape index (κ3) is 6.18. The van der Waals surface area contributed by atoms with Crippen molar-refractivity contribution in [2.45, 2.75) is 44.6 Å². The second kappa shape index (κ2) is 10.3. The summed E-state index contributed by atoms with van der Waals surface area (Å²) in [6, 6.07) is 5.59. The molecule has 6 N–H and O–H groups in total. The maximum Gasteiger partial charge on any atom is 0.330 e. The number of H-pyrrole nitrogens is 1. The average molecular weight is 453 g/mol. The molecule has 2 aromatic rings. The maximum absolute atomic E-state index is 12.4. The van der Waals surface area contributed by atoms with Gasteiger partial charge in [-0.25, -0.2) is 18.4 Å². The Labute approximate surface area is 180 Å². The second-order valence-electron chi connectivity index (χ2n) is 6.95. The minimum absolute atomic E-state index is 0.000406. The zero-order chi connectivity index (χ0) is 23.2. The summed E-state index contributed by atoms with van der Waals surface area (Å²) in [5.41, 5.74) is 5.37. The fourth-order valence-corrected chi connectivity index (χ4v) is 3.62. The van der Waals surface area contributed by atoms with Crippen molar-refractivity contribution in [3.05, 3.63) is 45.1 Å². The maximum atomic E-state index is 12.4. The van der Waals surface area contributed by atoms with Crippen molar-refractivity contribution in [1.82, 2.24) is 9.55 Å². The Morgan fingerprint density at radius 3 is 2.58 bits per heavy atom. The molecule has 1 amide bonds. The summed E-state index contributed by atoms with van der Waals surface area (Å²) < 4.78 is 24.2. The van der Waals surface area contributed by atoms with Gasteiger partial charge in [0.05, 0.1) is 4.90 Å². The third-order valence-corrected chi connectivity index (χ3v) is 5.61. The van der Waals surface area contributed by atoms with Crippen molar-refractivity contribution in [3.63, 3.8) is 0 Å². The van der Waals surface area contributed by atoms with E-state index in [0.717, 1.165) is 12.8 Å². The van der Waals surface area contributed by atoms with Crippen LogP contribution in [-0.2, 0) is 21.4 Å². The summed E-state index contributed by atoms with van der Waals surface area (Å²) in [7, 11) is -3.89. The molecule has 31 heavy (non-hydrogen) atoms. The summed E-state index contributed by atoms with van der Waals surface area (Å²) in [6.07, 6.45) is 1.58. The number of nitrogens with one attached hydrogen (secondary N) is 2. The van der Waals surface area contributed by atoms with Gasteiger partial charge in [0.15, 0.2) is 0 Å². The molecular weight excluding hydrogens is 424 g/mol. The molecule has 0 atom stereocenters. The molecule has 2 rings (SSSR count). The van der Waals surface area contributed by atoms with Crippen LogP contribution >= 0.6 is 0 Å². The number of benzene rings is 1. The molecule has 0 unspecified atom stereocenters. The van der Waals surface area contributed by atoms with Crippen LogP contribution in [0.1, 0.15) is 33.1 Å². The molecule has 0 spiro atoms. The molecule has 1 aromatic heterocycles. The van der Waals surface area contributed by atoms with Gasteiger partial charge in [-0.1, -0.05) is 19.4 Å². The summed E-state index contributed by atoms with van der Waals surface area (Å²) in [6.45, 7) is 4.70. The number of anilines is 3. The first kappa shape index (κ1) is 24.2. The van der Waals surface area contributed by atoms with E-state index in [2.05, 4.69) is 10.3 Å². The summed E-state index contributed by atoms with van der Waals surface area (Å²) in [5, 5.41) is 7.71. The normalized spacial score (nSPS) is 11.3. The first-order chi connectivity index (χ1) is 14.6. The molecular formula is C19H28N6O5S. The first-order valence-electron chi connectivity index (χ1n) is 9.88. The average Bonchev–Trinajstić information content (AvgIpc) is 2.69. The Kier molecular flexibility index (Phi) is 8.00. The molecule has 0 aliphatic heterocycles. The SMILES string of the molecule is CCCCn1c(N)c(N(CC)CCC(=O)Nc2cccc(S(N)(=O)=O)c2)c(=O)[nH]c1=O. The number of rotatable bonds is 10. The Bertz CT molecular complexity index is 1160. The fraction of sp³-hybridized carbons (Fsp3) is 0.421. The number of unbranched alkanes of at least 4 members (excludes halogenated alkanes) is 1. The van der Waals surface area contributed by atoms with Gasteiger partial charge in [0.2, 0.25) is 15.9 Å². The quantitative estimate of drug-likeness (QED) is 0.404. The zero-order valence-corrected chi connectivity index (χ0v) is 18.4. The lowest BCUT2D eigenvalue weighted by Crippen LogP contribution is -2.39. The second-order valence-corrected chi connectivity index (χ2v) is 8.51. The standard InChI is InChI=1S/C19H28N6O5S/c1-3-5-10-25-17(20)16(18(27)23-19(25)28)24(4-2)11-9-15(26)22-13-7-6-8-14(12-13)31(21,29)30/h6-8,12H,3-5,9-11,20H2,1-2H3,(H,22,26)(H2,21,29,30)(H,23,27,28). The molecule has 12 heteroatoms. The topological polar surface area (TPSA) is 173 Å². The van der Waals surface area contributed by atoms with Crippen LogP contribution in [0, 0.1) is 0 Å². The van der Waals surface area contributed by atoms with Gasteiger partial charge in [0, 0.05) is 31.7 Å². The van der Waals surface area contributed by atoms with E-state index in [-0.39, 0.29) is 41.0 Å². The predicted octanol–water partition coefficient (Wildman–Crippen LogP) is 0.421. The number of sulfonamides is 1. The van der Waals surface area contributed by atoms with Crippen LogP contribution in [0.25, 0.3) is 0 Å². The van der Waals surface area contributed by atoms with Gasteiger partial charge in [-0.3, -0.25) is 19.1 Å². The number of nitrogens with zero attached hydrogens (tertiary/aromatic N) is 2. The van der Waals surface area contributed by atoms with E-state index >= 15 is 0 Å². The lowest BCUT2D eigenvalue weighted by molar-refractivity contribution is -0.116. The molecule has 0 bridgehead atoms. The van der Waals surface area contributed by atoms with Crippen LogP contribution in [-0.4, -0.2) is 37.0 Å². The zero-order valence-electron chi connectivity index (χ0n) is 17.6. The largest absolute Gasteiger partial charge is 0.383 e. The summed E-state index contributed by atoms with van der Waals surface area (Å²) in [4.78, 5) is 40.6. The Hall–Kier alpha value is -3.12. The van der Waals surface area contributed by atoms with Gasteiger partial charge in [0.1, 0.15) is 11.5 Å². The van der Waals surface area contributed by atoms with Crippen LogP contribution in [0.2, 0.25) is 0 Å². The van der Waals surface area contributed by atoms with Gasteiger partial charge in [-0.2, -0.15) is 0 Å². The van der Waals surface area contributed by atoms with E-state index in [4.69, 9.17) is 10.9 Å². The Morgan fingerprint density at radius 2 is 1.97 bits per heavy atom. The lowest BCUT2D eigenvalue weighted by atomic mass is 10.2. The minimum Gasteiger partial charge on any atom is -0.383 e. The predicted molar refractivity (Wildman–Crippen MR) is 120 cm³/mol. The lowest BCUT2D eigenvalue weighted by Gasteiger charge is -2.24. The van der Waals surface area contributed by atoms with E-state index in [9.17, 15) is 22.8 Å². The Morgan fingerprint density at radius 1 is 1.26 bits per heavy atom. The number of hydrogen-bond donors (Lipinski definition) is 4. The van der Waals surface area contributed by atoms with Crippen LogP contribution in [0.15, 0.2) is 38.8 Å². The van der Waals surface area contributed by atoms with E-state index in [1.54, 1.807) is 11.8 Å². The number of nitrogens with two attached hydrogens (primary N) is 2. The van der Waals surface area contributed by atoms with Crippen molar-refractivity contribution in [2.24, 2.45) is 5.14 Å². The van der Waals surface area contributed by atoms with Crippen molar-refractivity contribution < 1.29 is 13.2 Å². The number of carbonyl (C=O) groups excluding carboxylic acids is 1. The number of primary sulfonamides is 1. The van der Waals surface area contributed by atoms with Crippen molar-refractivity contribution >= 4 is 33.1 Å². The van der Waals surface area contributed by atoms with Crippen LogP contribution in [0.4, 0.5) is 17.2 Å². The van der Waals surface area contributed by atoms with Gasteiger partial charge < -0.3 is 16.0 Å². The summed E-state index contributed by atoms with van der Waals surface area (Å²) in [5.74, 6) is -0.329. The Balaban J connectivity index is 2.16. The molecule has 0 aliphatic carbocycles. The fourth-order valence-electron chi connectivity index (χ4n) is 3.06. The molecule has 0 saturated heterocycles. The highest BCUT2D eigenvalue weighted by Gasteiger charge is 2.18. The van der Waals surface area contributed by atoms with Gasteiger partial charge in [-0.05, 0) is 31.5 Å². The molecule has 0 radical (unpaired) electrons. The molecule has 170 valence electrons. The number of aromatic amines is 1. The number of nitrogen functional groups attached to an aromatic ring is 1. The number of amides is 1. The number of hydrogen-bond acceptors (Lipinski definition) is 7. The monoisotopic (exact) mass is 452 g/mol. The van der Waals surface area contributed by atoms with E-state index in [0.29, 0.717) is 13.1 Å². The number of aromatic nitrogens is 2. The summed E-state index contributed by atoms with van der Waals surface area (Å²) >= 11 is 0. The minimum atomic E-state index is -3.89. The highest BCUT2D eigenvalue weighted by Crippen LogP contribution is 2.18. The number of carbonyl (C=O) groups is 1. The van der Waals surface area contributed by atoms with E-state index < -0.39 is 21.3 Å². The first-order valence-corrected chi connectivity index (χ1v) is 11.4. The molecule has 0 fully saturated rings. The van der Waals surface area contributed by atoms with Crippen LogP contribution in [0.5, 0.6) is 0 Å².